The van der Waals surface area contributed by atoms with Gasteiger partial charge in [-0.3, -0.25) is 0 Å². The predicted octanol–water partition coefficient (Wildman–Crippen LogP) is 2.72. The second kappa shape index (κ2) is 7.79. The summed E-state index contributed by atoms with van der Waals surface area (Å²) in [5.41, 5.74) is 0.448. The molecule has 0 amide bonds. The molecule has 0 unspecified atom stereocenters. The van der Waals surface area contributed by atoms with Gasteiger partial charge in [-0.05, 0) is 42.7 Å². The normalized spacial score (nSPS) is 16.6. The lowest BCUT2D eigenvalue weighted by molar-refractivity contribution is 0.568. The van der Waals surface area contributed by atoms with Crippen molar-refractivity contribution in [2.24, 2.45) is 0 Å². The number of hydrogen-bond acceptors (Lipinski definition) is 7. The second-order valence-electron chi connectivity index (χ2n) is 7.28. The largest absolute Gasteiger partial charge is 0.349 e. The molecule has 0 radical (unpaired) electrons. The van der Waals surface area contributed by atoms with Crippen molar-refractivity contribution < 1.29 is 17.2 Å². The molecular formula is C20H17F2N7O2S. The highest BCUT2D eigenvalue weighted by Gasteiger charge is 2.32. The SMILES string of the molecule is O=S(=O)(c1ccc(-n2cncn2)nc1)n1nccc1N1CCC[C@@H]1c1cc(F)cc(F)c1. The fourth-order valence-corrected chi connectivity index (χ4v) is 5.13. The van der Waals surface area contributed by atoms with Gasteiger partial charge in [0.1, 0.15) is 35.0 Å². The number of nitrogens with zero attached hydrogens (tertiary/aromatic N) is 7. The lowest BCUT2D eigenvalue weighted by Crippen LogP contribution is -2.28. The monoisotopic (exact) mass is 457 g/mol. The average Bonchev–Trinajstić information content (AvgIpc) is 3.54. The molecule has 9 nitrogen and oxygen atoms in total. The first-order valence-corrected chi connectivity index (χ1v) is 11.2. The third-order valence-electron chi connectivity index (χ3n) is 5.31. The highest BCUT2D eigenvalue weighted by atomic mass is 32.2. The fraction of sp³-hybridized carbons (Fsp3) is 0.200. The Hall–Kier alpha value is -3.67. The van der Waals surface area contributed by atoms with E-state index in [1.807, 2.05) is 0 Å². The average molecular weight is 457 g/mol. The molecule has 1 atom stereocenters. The molecule has 3 aromatic heterocycles. The Balaban J connectivity index is 1.49. The summed E-state index contributed by atoms with van der Waals surface area (Å²) < 4.78 is 56.5. The smallest absolute Gasteiger partial charge is 0.286 e. The fourth-order valence-electron chi connectivity index (χ4n) is 3.92. The quantitative estimate of drug-likeness (QED) is 0.454. The first-order chi connectivity index (χ1) is 15.4. The molecule has 0 bridgehead atoms. The molecule has 5 rings (SSSR count). The van der Waals surface area contributed by atoms with E-state index in [1.54, 1.807) is 11.0 Å². The Bertz CT molecular complexity index is 1330. The standard InChI is InChI=1S/C20H17F2N7O2S/c21-15-8-14(9-16(22)10-15)18-2-1-7-27(18)20-5-6-25-29(20)32(30,31)17-3-4-19(24-11-17)28-13-23-12-26-28/h3-6,8-13,18H,1-2,7H2/t18-/m1/s1. The lowest BCUT2D eigenvalue weighted by Gasteiger charge is -2.27. The Morgan fingerprint density at radius 3 is 2.53 bits per heavy atom. The van der Waals surface area contributed by atoms with Crippen molar-refractivity contribution in [2.75, 3.05) is 11.4 Å². The minimum Gasteiger partial charge on any atom is -0.349 e. The molecular weight excluding hydrogens is 440 g/mol. The van der Waals surface area contributed by atoms with Crippen molar-refractivity contribution in [3.63, 3.8) is 0 Å². The van der Waals surface area contributed by atoms with Crippen LogP contribution in [0.15, 0.2) is 66.3 Å². The van der Waals surface area contributed by atoms with Crippen LogP contribution in [0.4, 0.5) is 14.6 Å². The number of anilines is 1. The van der Waals surface area contributed by atoms with E-state index in [4.69, 9.17) is 0 Å². The molecule has 0 N–H and O–H groups in total. The van der Waals surface area contributed by atoms with E-state index in [1.165, 1.54) is 54.0 Å². The Morgan fingerprint density at radius 1 is 1.03 bits per heavy atom. The lowest BCUT2D eigenvalue weighted by atomic mass is 10.0. The molecule has 1 aromatic carbocycles. The van der Waals surface area contributed by atoms with Crippen LogP contribution < -0.4 is 4.90 Å². The maximum Gasteiger partial charge on any atom is 0.286 e. The third kappa shape index (κ3) is 3.51. The number of benzene rings is 1. The predicted molar refractivity (Wildman–Crippen MR) is 110 cm³/mol. The molecule has 1 aliphatic heterocycles. The van der Waals surface area contributed by atoms with E-state index in [-0.39, 0.29) is 10.9 Å². The summed E-state index contributed by atoms with van der Waals surface area (Å²) in [6.45, 7) is 0.521. The van der Waals surface area contributed by atoms with Gasteiger partial charge >= 0.3 is 0 Å². The van der Waals surface area contributed by atoms with Gasteiger partial charge in [-0.15, -0.1) is 4.09 Å². The number of rotatable bonds is 5. The third-order valence-corrected chi connectivity index (χ3v) is 6.88. The maximum absolute atomic E-state index is 13.8. The van der Waals surface area contributed by atoms with Crippen molar-refractivity contribution in [1.82, 2.24) is 28.9 Å². The summed E-state index contributed by atoms with van der Waals surface area (Å²) in [6, 6.07) is 7.48. The van der Waals surface area contributed by atoms with Crippen LogP contribution in [0.5, 0.6) is 0 Å². The molecule has 1 aliphatic rings. The molecule has 4 aromatic rings. The summed E-state index contributed by atoms with van der Waals surface area (Å²) in [4.78, 5) is 9.73. The van der Waals surface area contributed by atoms with E-state index >= 15 is 0 Å². The van der Waals surface area contributed by atoms with E-state index in [0.29, 0.717) is 30.2 Å². The van der Waals surface area contributed by atoms with Crippen LogP contribution in [0.25, 0.3) is 5.82 Å². The van der Waals surface area contributed by atoms with Crippen molar-refractivity contribution >= 4 is 15.8 Å². The van der Waals surface area contributed by atoms with Crippen LogP contribution in [-0.4, -0.2) is 43.9 Å². The summed E-state index contributed by atoms with van der Waals surface area (Å²) in [5.74, 6) is -0.620. The van der Waals surface area contributed by atoms with Gasteiger partial charge in [-0.2, -0.15) is 18.6 Å². The van der Waals surface area contributed by atoms with Gasteiger partial charge in [0.15, 0.2) is 5.82 Å². The van der Waals surface area contributed by atoms with E-state index in [0.717, 1.165) is 16.6 Å². The molecule has 4 heterocycles. The molecule has 1 fully saturated rings. The van der Waals surface area contributed by atoms with Gasteiger partial charge in [0.05, 0.1) is 12.2 Å². The zero-order valence-corrected chi connectivity index (χ0v) is 17.4. The van der Waals surface area contributed by atoms with Crippen molar-refractivity contribution in [1.29, 1.82) is 0 Å². The van der Waals surface area contributed by atoms with Crippen molar-refractivity contribution in [3.05, 3.63) is 78.6 Å². The summed E-state index contributed by atoms with van der Waals surface area (Å²) in [6.07, 6.45) is 6.77. The Morgan fingerprint density at radius 2 is 1.84 bits per heavy atom. The molecule has 0 aliphatic carbocycles. The van der Waals surface area contributed by atoms with Gasteiger partial charge in [0, 0.05) is 24.9 Å². The van der Waals surface area contributed by atoms with Crippen LogP contribution in [0.2, 0.25) is 0 Å². The van der Waals surface area contributed by atoms with Gasteiger partial charge in [-0.25, -0.2) is 23.4 Å². The van der Waals surface area contributed by atoms with Crippen LogP contribution in [0, 0.1) is 11.6 Å². The number of pyridine rings is 1. The van der Waals surface area contributed by atoms with Crippen LogP contribution in [0.1, 0.15) is 24.4 Å². The topological polar surface area (TPSA) is 98.8 Å². The maximum atomic E-state index is 13.8. The first-order valence-electron chi connectivity index (χ1n) is 9.77. The zero-order valence-electron chi connectivity index (χ0n) is 16.6. The minimum atomic E-state index is -4.06. The number of aromatic nitrogens is 6. The highest BCUT2D eigenvalue weighted by molar-refractivity contribution is 7.90. The number of halogens is 2. The first kappa shape index (κ1) is 20.2. The van der Waals surface area contributed by atoms with Crippen LogP contribution >= 0.6 is 0 Å². The molecule has 0 spiro atoms. The van der Waals surface area contributed by atoms with Gasteiger partial charge < -0.3 is 4.90 Å². The molecule has 1 saturated heterocycles. The van der Waals surface area contributed by atoms with Crippen LogP contribution in [-0.2, 0) is 10.0 Å². The Labute approximate surface area is 182 Å². The highest BCUT2D eigenvalue weighted by Crippen LogP contribution is 2.37. The molecule has 32 heavy (non-hydrogen) atoms. The van der Waals surface area contributed by atoms with E-state index in [2.05, 4.69) is 20.2 Å². The zero-order chi connectivity index (χ0) is 22.3. The van der Waals surface area contributed by atoms with Crippen LogP contribution in [0.3, 0.4) is 0 Å². The molecule has 164 valence electrons. The molecule has 12 heteroatoms. The van der Waals surface area contributed by atoms with E-state index < -0.39 is 21.7 Å². The van der Waals surface area contributed by atoms with E-state index in [9.17, 15) is 17.2 Å². The summed E-state index contributed by atoms with van der Waals surface area (Å²) >= 11 is 0. The number of hydrogen-bond donors (Lipinski definition) is 0. The van der Waals surface area contributed by atoms with Crippen molar-refractivity contribution in [3.8, 4) is 5.82 Å². The second-order valence-corrected chi connectivity index (χ2v) is 9.05. The van der Waals surface area contributed by atoms with Crippen molar-refractivity contribution in [2.45, 2.75) is 23.8 Å². The van der Waals surface area contributed by atoms with Gasteiger partial charge in [0.2, 0.25) is 0 Å². The van der Waals surface area contributed by atoms with Gasteiger partial charge in [-0.1, -0.05) is 0 Å². The molecule has 0 saturated carbocycles. The Kier molecular flexibility index (Phi) is 4.93. The summed E-state index contributed by atoms with van der Waals surface area (Å²) in [7, 11) is -4.06. The summed E-state index contributed by atoms with van der Waals surface area (Å²) in [5, 5.41) is 7.99. The van der Waals surface area contributed by atoms with Gasteiger partial charge in [0.25, 0.3) is 10.0 Å². The minimum absolute atomic E-state index is 0.0566.